The van der Waals surface area contributed by atoms with Crippen molar-refractivity contribution in [1.29, 1.82) is 0 Å². The molecule has 0 spiro atoms. The molecule has 0 heterocycles. The number of hydrogen-bond donors (Lipinski definition) is 0. The predicted molar refractivity (Wildman–Crippen MR) is 62.6 cm³/mol. The number of aliphatic imine (C=N–C) groups is 1. The average molecular weight is 190 g/mol. The van der Waals surface area contributed by atoms with Crippen LogP contribution in [0.4, 0.5) is 0 Å². The number of rotatable bonds is 1. The van der Waals surface area contributed by atoms with Crippen molar-refractivity contribution in [3.8, 4) is 0 Å². The van der Waals surface area contributed by atoms with Gasteiger partial charge in [-0.25, -0.2) is 0 Å². The summed E-state index contributed by atoms with van der Waals surface area (Å²) in [5.41, 5.74) is 2.48. The summed E-state index contributed by atoms with van der Waals surface area (Å²) in [4.78, 5) is 6.33. The van der Waals surface area contributed by atoms with Gasteiger partial charge in [-0.15, -0.1) is 0 Å². The Morgan fingerprint density at radius 3 is 2.71 bits per heavy atom. The first-order valence-corrected chi connectivity index (χ1v) is 4.84. The normalized spacial score (nSPS) is 17.3. The van der Waals surface area contributed by atoms with Gasteiger partial charge in [0.15, 0.2) is 0 Å². The molecule has 76 valence electrons. The van der Waals surface area contributed by atoms with E-state index in [1.54, 1.807) is 0 Å². The molecule has 1 aliphatic carbocycles. The van der Waals surface area contributed by atoms with Crippen LogP contribution in [0.15, 0.2) is 40.4 Å². The summed E-state index contributed by atoms with van der Waals surface area (Å²) in [6.07, 6.45) is 9.67. The lowest BCUT2D eigenvalue weighted by Gasteiger charge is -2.16. The van der Waals surface area contributed by atoms with E-state index in [0.29, 0.717) is 0 Å². The minimum atomic E-state index is 0.982. The van der Waals surface area contributed by atoms with Crippen LogP contribution in [0, 0.1) is 0 Å². The second-order valence-corrected chi connectivity index (χ2v) is 3.63. The van der Waals surface area contributed by atoms with Gasteiger partial charge in [-0.3, -0.25) is 4.99 Å². The second kappa shape index (κ2) is 4.80. The smallest absolute Gasteiger partial charge is 0.129 e. The Kier molecular flexibility index (Phi) is 3.69. The molecule has 0 aromatic rings. The Balaban J connectivity index is 2.98. The zero-order chi connectivity index (χ0) is 10.6. The van der Waals surface area contributed by atoms with Crippen LogP contribution in [0.3, 0.4) is 0 Å². The topological polar surface area (TPSA) is 15.6 Å². The van der Waals surface area contributed by atoms with Crippen LogP contribution >= 0.6 is 0 Å². The Bertz CT molecular complexity index is 317. The number of allylic oxidation sites excluding steroid dienone is 4. The molecule has 1 rings (SSSR count). The van der Waals surface area contributed by atoms with Crippen molar-refractivity contribution in [3.63, 3.8) is 0 Å². The monoisotopic (exact) mass is 190 g/mol. The molecule has 0 saturated heterocycles. The predicted octanol–water partition coefficient (Wildman–Crippen LogP) is 2.41. The van der Waals surface area contributed by atoms with Crippen LogP contribution in [0.5, 0.6) is 0 Å². The van der Waals surface area contributed by atoms with Crippen LogP contribution in [0.2, 0.25) is 0 Å². The second-order valence-electron chi connectivity index (χ2n) is 3.63. The highest BCUT2D eigenvalue weighted by Crippen LogP contribution is 2.13. The van der Waals surface area contributed by atoms with E-state index in [4.69, 9.17) is 0 Å². The van der Waals surface area contributed by atoms with Gasteiger partial charge in [-0.05, 0) is 19.4 Å². The maximum atomic E-state index is 4.29. The number of likely N-dealkylation sites (N-methyl/N-ethyl adjacent to an activating group) is 1. The third-order valence-electron chi connectivity index (χ3n) is 2.13. The third kappa shape index (κ3) is 2.59. The van der Waals surface area contributed by atoms with Gasteiger partial charge < -0.3 is 4.90 Å². The first-order chi connectivity index (χ1) is 6.65. The first kappa shape index (κ1) is 10.8. The quantitative estimate of drug-likeness (QED) is 0.458. The van der Waals surface area contributed by atoms with Gasteiger partial charge in [0.05, 0.1) is 0 Å². The number of amidine groups is 1. The zero-order valence-corrected chi connectivity index (χ0v) is 9.41. The summed E-state index contributed by atoms with van der Waals surface area (Å²) in [5, 5.41) is 0. The van der Waals surface area contributed by atoms with Crippen molar-refractivity contribution in [2.45, 2.75) is 13.3 Å². The Hall–Kier alpha value is -1.31. The molecule has 0 aliphatic heterocycles. The molecule has 1 aliphatic rings. The lowest BCUT2D eigenvalue weighted by molar-refractivity contribution is 0.622. The molecule has 14 heavy (non-hydrogen) atoms. The van der Waals surface area contributed by atoms with E-state index in [1.807, 2.05) is 26.0 Å². The molecular formula is C12H18N2. The fourth-order valence-electron chi connectivity index (χ4n) is 1.54. The highest BCUT2D eigenvalue weighted by molar-refractivity contribution is 6.00. The van der Waals surface area contributed by atoms with Gasteiger partial charge in [-0.2, -0.15) is 0 Å². The van der Waals surface area contributed by atoms with Crippen molar-refractivity contribution in [1.82, 2.24) is 4.90 Å². The van der Waals surface area contributed by atoms with Gasteiger partial charge in [0.25, 0.3) is 0 Å². The molecule has 0 fully saturated rings. The maximum absolute atomic E-state index is 4.29. The molecule has 0 aromatic heterocycles. The fraction of sp³-hybridized carbons (Fsp3) is 0.417. The van der Waals surface area contributed by atoms with Crippen molar-refractivity contribution in [2.24, 2.45) is 4.99 Å². The summed E-state index contributed by atoms with van der Waals surface area (Å²) in [7, 11) is 5.87. The summed E-state index contributed by atoms with van der Waals surface area (Å²) in [6, 6.07) is 0. The van der Waals surface area contributed by atoms with Gasteiger partial charge in [0.1, 0.15) is 5.84 Å². The van der Waals surface area contributed by atoms with E-state index in [2.05, 4.69) is 36.2 Å². The Morgan fingerprint density at radius 2 is 2.14 bits per heavy atom. The fourth-order valence-corrected chi connectivity index (χ4v) is 1.54. The lowest BCUT2D eigenvalue weighted by atomic mass is 10.1. The number of hydrogen-bond acceptors (Lipinski definition) is 1. The van der Waals surface area contributed by atoms with Crippen LogP contribution in [-0.2, 0) is 0 Å². The van der Waals surface area contributed by atoms with Gasteiger partial charge in [0, 0.05) is 26.7 Å². The number of nitrogens with zero attached hydrogens (tertiary/aromatic N) is 2. The Labute approximate surface area is 86.3 Å². The van der Waals surface area contributed by atoms with E-state index in [9.17, 15) is 0 Å². The van der Waals surface area contributed by atoms with Crippen molar-refractivity contribution in [3.05, 3.63) is 35.5 Å². The third-order valence-corrected chi connectivity index (χ3v) is 2.13. The zero-order valence-electron chi connectivity index (χ0n) is 9.41. The maximum Gasteiger partial charge on any atom is 0.129 e. The average Bonchev–Trinajstić information content (AvgIpc) is 2.31. The summed E-state index contributed by atoms with van der Waals surface area (Å²) in [6.45, 7) is 2.11. The standard InChI is InChI=1S/C12H18N2/c1-10-7-5-6-8-11(9-10)12(13-2)14(3)4/h5,7-9H,6H2,1-4H3. The molecule has 0 saturated carbocycles. The molecule has 0 N–H and O–H groups in total. The lowest BCUT2D eigenvalue weighted by Crippen LogP contribution is -2.23. The van der Waals surface area contributed by atoms with E-state index < -0.39 is 0 Å². The van der Waals surface area contributed by atoms with Crippen LogP contribution in [-0.4, -0.2) is 31.9 Å². The van der Waals surface area contributed by atoms with Crippen molar-refractivity contribution in [2.75, 3.05) is 21.1 Å². The molecular weight excluding hydrogens is 172 g/mol. The van der Waals surface area contributed by atoms with Crippen molar-refractivity contribution < 1.29 is 0 Å². The molecule has 2 nitrogen and oxygen atoms in total. The van der Waals surface area contributed by atoms with Crippen LogP contribution < -0.4 is 0 Å². The summed E-state index contributed by atoms with van der Waals surface area (Å²) < 4.78 is 0. The van der Waals surface area contributed by atoms with Gasteiger partial charge >= 0.3 is 0 Å². The molecule has 0 aromatic carbocycles. The molecule has 0 amide bonds. The highest BCUT2D eigenvalue weighted by Gasteiger charge is 2.06. The summed E-state index contributed by atoms with van der Waals surface area (Å²) >= 11 is 0. The van der Waals surface area contributed by atoms with Gasteiger partial charge in [0.2, 0.25) is 0 Å². The van der Waals surface area contributed by atoms with Gasteiger partial charge in [-0.1, -0.05) is 23.8 Å². The van der Waals surface area contributed by atoms with Crippen molar-refractivity contribution >= 4 is 5.84 Å². The molecule has 0 radical (unpaired) electrons. The minimum absolute atomic E-state index is 0.982. The van der Waals surface area contributed by atoms with E-state index in [0.717, 1.165) is 12.3 Å². The molecule has 0 atom stereocenters. The molecule has 0 bridgehead atoms. The van der Waals surface area contributed by atoms with Crippen LogP contribution in [0.25, 0.3) is 0 Å². The van der Waals surface area contributed by atoms with E-state index in [1.165, 1.54) is 11.1 Å². The minimum Gasteiger partial charge on any atom is -0.363 e. The largest absolute Gasteiger partial charge is 0.363 e. The van der Waals surface area contributed by atoms with E-state index in [-0.39, 0.29) is 0 Å². The molecule has 2 heteroatoms. The Morgan fingerprint density at radius 1 is 1.43 bits per heavy atom. The van der Waals surface area contributed by atoms with E-state index >= 15 is 0 Å². The first-order valence-electron chi connectivity index (χ1n) is 4.84. The van der Waals surface area contributed by atoms with Crippen LogP contribution in [0.1, 0.15) is 13.3 Å². The molecule has 0 unspecified atom stereocenters. The highest BCUT2D eigenvalue weighted by atomic mass is 15.1. The summed E-state index contributed by atoms with van der Waals surface area (Å²) in [5.74, 6) is 1.04. The SMILES string of the molecule is CN=C(C1=CCC=CC(C)=C1)N(C)C.